The molecule has 9 nitrogen and oxygen atoms in total. The smallest absolute Gasteiger partial charge is 0.246 e. The molecule has 0 fully saturated rings. The molecule has 184 valence electrons. The topological polar surface area (TPSA) is 126 Å². The van der Waals surface area contributed by atoms with E-state index in [0.29, 0.717) is 25.1 Å². The summed E-state index contributed by atoms with van der Waals surface area (Å²) < 4.78 is 0. The maximum absolute atomic E-state index is 12.7. The molecule has 0 saturated carbocycles. The van der Waals surface area contributed by atoms with Crippen LogP contribution in [-0.2, 0) is 30.6 Å². The van der Waals surface area contributed by atoms with E-state index >= 15 is 0 Å². The third-order valence-corrected chi connectivity index (χ3v) is 5.09. The van der Waals surface area contributed by atoms with E-state index < -0.39 is 18.0 Å². The van der Waals surface area contributed by atoms with Crippen molar-refractivity contribution in [1.29, 1.82) is 0 Å². The number of carbonyl (C=O) groups excluding carboxylic acids is 4. The average molecular weight is 463 g/mol. The second-order valence-electron chi connectivity index (χ2n) is 8.67. The Morgan fingerprint density at radius 1 is 0.879 bits per heavy atom. The van der Waals surface area contributed by atoms with Crippen molar-refractivity contribution in [3.05, 3.63) is 29.8 Å². The summed E-state index contributed by atoms with van der Waals surface area (Å²) in [4.78, 5) is 54.3. The van der Waals surface area contributed by atoms with Crippen molar-refractivity contribution in [2.75, 3.05) is 12.4 Å². The molecule has 1 aromatic rings. The molecule has 0 unspecified atom stereocenters. The lowest BCUT2D eigenvalue weighted by Crippen LogP contribution is -2.53. The third-order valence-electron chi connectivity index (χ3n) is 5.09. The lowest BCUT2D eigenvalue weighted by molar-refractivity contribution is -0.132. The maximum Gasteiger partial charge on any atom is 0.246 e. The van der Waals surface area contributed by atoms with Gasteiger partial charge in [-0.1, -0.05) is 39.8 Å². The molecule has 0 bridgehead atoms. The predicted molar refractivity (Wildman–Crippen MR) is 127 cm³/mol. The van der Waals surface area contributed by atoms with Gasteiger partial charge in [0, 0.05) is 31.5 Å². The van der Waals surface area contributed by atoms with Crippen LogP contribution in [0.5, 0.6) is 0 Å². The van der Waals surface area contributed by atoms with Crippen LogP contribution >= 0.6 is 0 Å². The minimum absolute atomic E-state index is 0.0554. The molecule has 33 heavy (non-hydrogen) atoms. The lowest BCUT2D eigenvalue weighted by Gasteiger charge is -2.24. The van der Waals surface area contributed by atoms with Gasteiger partial charge in [-0.3, -0.25) is 24.0 Å². The summed E-state index contributed by atoms with van der Waals surface area (Å²) in [6.45, 7) is 9.27. The van der Waals surface area contributed by atoms with Crippen LogP contribution in [0, 0.1) is 11.8 Å². The van der Waals surface area contributed by atoms with Gasteiger partial charge in [0.05, 0.1) is 6.61 Å². The number of Topliss-reactive ketones (excluding diaryl/α,β-unsaturated/α-hetero) is 1. The predicted octanol–water partition coefficient (Wildman–Crippen LogP) is 2.32. The molecule has 0 heterocycles. The number of ketones is 1. The summed E-state index contributed by atoms with van der Waals surface area (Å²) in [7, 11) is 1.68. The minimum atomic E-state index is -0.799. The van der Waals surface area contributed by atoms with Crippen molar-refractivity contribution < 1.29 is 24.0 Å². The highest BCUT2D eigenvalue weighted by Crippen LogP contribution is 2.11. The van der Waals surface area contributed by atoms with Crippen LogP contribution in [0.4, 0.5) is 5.69 Å². The van der Waals surface area contributed by atoms with E-state index in [4.69, 9.17) is 4.84 Å². The normalized spacial score (nSPS) is 12.8. The highest BCUT2D eigenvalue weighted by molar-refractivity contribution is 5.98. The molecular weight excluding hydrogens is 424 g/mol. The number of amides is 3. The number of hydroxylamine groups is 1. The number of hydrogen-bond acceptors (Lipinski definition) is 6. The maximum atomic E-state index is 12.7. The summed E-state index contributed by atoms with van der Waals surface area (Å²) in [5.41, 5.74) is 4.13. The van der Waals surface area contributed by atoms with Gasteiger partial charge in [-0.25, -0.2) is 5.48 Å². The van der Waals surface area contributed by atoms with E-state index in [1.165, 1.54) is 0 Å². The molecule has 0 aromatic heterocycles. The second kappa shape index (κ2) is 14.4. The Labute approximate surface area is 196 Å². The molecule has 0 aliphatic carbocycles. The summed E-state index contributed by atoms with van der Waals surface area (Å²) >= 11 is 0. The molecule has 2 atom stereocenters. The highest BCUT2D eigenvalue weighted by atomic mass is 16.6. The quantitative estimate of drug-likeness (QED) is 0.315. The van der Waals surface area contributed by atoms with Gasteiger partial charge < -0.3 is 16.0 Å². The fourth-order valence-electron chi connectivity index (χ4n) is 2.95. The zero-order valence-electron chi connectivity index (χ0n) is 20.5. The first-order valence-electron chi connectivity index (χ1n) is 11.4. The summed E-state index contributed by atoms with van der Waals surface area (Å²) in [6, 6.07) is 5.58. The third kappa shape index (κ3) is 10.6. The SMILES string of the molecule is CNOCc1ccc(NC(=O)[C@@H](C)NC(=O)[C@H](NC(=O)CCCC(=O)C(C)C)C(C)C)cc1. The number of anilines is 1. The van der Waals surface area contributed by atoms with Gasteiger partial charge >= 0.3 is 0 Å². The van der Waals surface area contributed by atoms with Crippen LogP contribution < -0.4 is 21.4 Å². The Balaban J connectivity index is 2.57. The van der Waals surface area contributed by atoms with Gasteiger partial charge in [-0.15, -0.1) is 0 Å². The van der Waals surface area contributed by atoms with Gasteiger partial charge in [0.2, 0.25) is 17.7 Å². The zero-order valence-corrected chi connectivity index (χ0v) is 20.5. The van der Waals surface area contributed by atoms with Crippen molar-refractivity contribution in [1.82, 2.24) is 16.1 Å². The number of benzene rings is 1. The fourth-order valence-corrected chi connectivity index (χ4v) is 2.95. The van der Waals surface area contributed by atoms with E-state index in [9.17, 15) is 19.2 Å². The average Bonchev–Trinajstić information content (AvgIpc) is 2.76. The van der Waals surface area contributed by atoms with E-state index in [-0.39, 0.29) is 35.9 Å². The Bertz CT molecular complexity index is 793. The first-order valence-corrected chi connectivity index (χ1v) is 11.4. The van der Waals surface area contributed by atoms with Crippen molar-refractivity contribution in [2.45, 2.75) is 72.6 Å². The van der Waals surface area contributed by atoms with E-state index in [0.717, 1.165) is 5.56 Å². The Morgan fingerprint density at radius 2 is 1.52 bits per heavy atom. The van der Waals surface area contributed by atoms with Crippen LogP contribution in [0.3, 0.4) is 0 Å². The molecule has 9 heteroatoms. The largest absolute Gasteiger partial charge is 0.344 e. The van der Waals surface area contributed by atoms with Crippen molar-refractivity contribution >= 4 is 29.2 Å². The molecular formula is C24H38N4O5. The molecule has 3 amide bonds. The Hall–Kier alpha value is -2.78. The van der Waals surface area contributed by atoms with E-state index in [1.807, 2.05) is 39.8 Å². The molecule has 0 saturated heterocycles. The standard InChI is InChI=1S/C24H38N4O5/c1-15(2)20(29)8-7-9-21(30)28-22(16(3)4)24(32)26-17(5)23(31)27-19-12-10-18(11-13-19)14-33-25-6/h10-13,15-17,22,25H,7-9,14H2,1-6H3,(H,26,32)(H,27,31)(H,28,30)/t17-,22-/m1/s1. The van der Waals surface area contributed by atoms with Crippen LogP contribution in [0.1, 0.15) is 59.4 Å². The Kier molecular flexibility index (Phi) is 12.3. The van der Waals surface area contributed by atoms with Gasteiger partial charge in [0.1, 0.15) is 17.9 Å². The monoisotopic (exact) mass is 462 g/mol. The molecule has 1 aromatic carbocycles. The van der Waals surface area contributed by atoms with Crippen LogP contribution in [0.15, 0.2) is 24.3 Å². The zero-order chi connectivity index (χ0) is 25.0. The minimum Gasteiger partial charge on any atom is -0.344 e. The lowest BCUT2D eigenvalue weighted by atomic mass is 10.0. The number of hydrogen-bond donors (Lipinski definition) is 4. The fraction of sp³-hybridized carbons (Fsp3) is 0.583. The van der Waals surface area contributed by atoms with Crippen LogP contribution in [0.2, 0.25) is 0 Å². The van der Waals surface area contributed by atoms with Crippen LogP contribution in [-0.4, -0.2) is 42.6 Å². The number of rotatable bonds is 14. The highest BCUT2D eigenvalue weighted by Gasteiger charge is 2.27. The van der Waals surface area contributed by atoms with Crippen molar-refractivity contribution in [3.63, 3.8) is 0 Å². The molecule has 1 rings (SSSR count). The number of nitrogens with one attached hydrogen (secondary N) is 4. The second-order valence-corrected chi connectivity index (χ2v) is 8.67. The molecule has 4 N–H and O–H groups in total. The summed E-state index contributed by atoms with van der Waals surface area (Å²) in [5.74, 6) is -1.21. The summed E-state index contributed by atoms with van der Waals surface area (Å²) in [6.07, 6.45) is 0.943. The molecule has 0 radical (unpaired) electrons. The molecule has 0 aliphatic rings. The number of carbonyl (C=O) groups is 4. The van der Waals surface area contributed by atoms with E-state index in [2.05, 4.69) is 21.4 Å². The van der Waals surface area contributed by atoms with Gasteiger partial charge in [-0.2, -0.15) is 0 Å². The van der Waals surface area contributed by atoms with Crippen LogP contribution in [0.25, 0.3) is 0 Å². The molecule has 0 spiro atoms. The molecule has 0 aliphatic heterocycles. The van der Waals surface area contributed by atoms with E-state index in [1.54, 1.807) is 26.1 Å². The Morgan fingerprint density at radius 3 is 2.06 bits per heavy atom. The van der Waals surface area contributed by atoms with Crippen molar-refractivity contribution in [2.24, 2.45) is 11.8 Å². The van der Waals surface area contributed by atoms with Crippen molar-refractivity contribution in [3.8, 4) is 0 Å². The van der Waals surface area contributed by atoms with Gasteiger partial charge in [0.25, 0.3) is 0 Å². The first-order chi connectivity index (χ1) is 15.5. The summed E-state index contributed by atoms with van der Waals surface area (Å²) in [5, 5.41) is 8.15. The first kappa shape index (κ1) is 28.3. The van der Waals surface area contributed by atoms with Gasteiger partial charge in [-0.05, 0) is 37.0 Å². The van der Waals surface area contributed by atoms with Gasteiger partial charge in [0.15, 0.2) is 0 Å².